The van der Waals surface area contributed by atoms with Gasteiger partial charge in [-0.25, -0.2) is 18.6 Å². The Bertz CT molecular complexity index is 1210. The Kier molecular flexibility index (Phi) is 8.14. The molecular formula is C24H23ClF2N4O3S. The predicted molar refractivity (Wildman–Crippen MR) is 130 cm³/mol. The lowest BCUT2D eigenvalue weighted by atomic mass is 9.90. The number of anilines is 1. The molecule has 0 unspecified atom stereocenters. The summed E-state index contributed by atoms with van der Waals surface area (Å²) in [5.41, 5.74) is 0.592. The monoisotopic (exact) mass is 520 g/mol. The molecule has 4 rings (SSSR count). The molecule has 3 amide bonds. The van der Waals surface area contributed by atoms with Gasteiger partial charge in [0.05, 0.1) is 11.1 Å². The second-order valence-electron chi connectivity index (χ2n) is 8.04. The smallest absolute Gasteiger partial charge is 0.319 e. The molecule has 0 radical (unpaired) electrons. The number of urea groups is 1. The van der Waals surface area contributed by atoms with E-state index in [1.165, 1.54) is 41.7 Å². The highest BCUT2D eigenvalue weighted by Gasteiger charge is 2.29. The largest absolute Gasteiger partial charge is 0.483 e. The summed E-state index contributed by atoms with van der Waals surface area (Å²) >= 11 is 7.01. The van der Waals surface area contributed by atoms with Crippen LogP contribution < -0.4 is 20.7 Å². The van der Waals surface area contributed by atoms with E-state index < -0.39 is 17.7 Å². The van der Waals surface area contributed by atoms with Gasteiger partial charge in [0, 0.05) is 17.1 Å². The average molecular weight is 521 g/mol. The van der Waals surface area contributed by atoms with Gasteiger partial charge in [-0.1, -0.05) is 36.6 Å². The first-order valence-electron chi connectivity index (χ1n) is 11.0. The van der Waals surface area contributed by atoms with Crippen LogP contribution >= 0.6 is 22.9 Å². The first-order chi connectivity index (χ1) is 16.9. The van der Waals surface area contributed by atoms with E-state index in [0.29, 0.717) is 23.5 Å². The Morgan fingerprint density at radius 3 is 2.54 bits per heavy atom. The number of benzene rings is 2. The summed E-state index contributed by atoms with van der Waals surface area (Å²) in [4.78, 5) is 29.6. The normalized spacial score (nSPS) is 17.5. The van der Waals surface area contributed by atoms with Crippen LogP contribution in [0.4, 0.5) is 19.3 Å². The predicted octanol–water partition coefficient (Wildman–Crippen LogP) is 5.52. The van der Waals surface area contributed by atoms with Gasteiger partial charge in [-0.15, -0.1) is 11.3 Å². The molecule has 0 aliphatic heterocycles. The first kappa shape index (κ1) is 24.9. The van der Waals surface area contributed by atoms with Crippen molar-refractivity contribution in [3.05, 3.63) is 75.2 Å². The van der Waals surface area contributed by atoms with Crippen LogP contribution in [0.1, 0.15) is 41.2 Å². The number of aromatic nitrogens is 1. The number of carbonyl (C=O) groups excluding carboxylic acids is 2. The van der Waals surface area contributed by atoms with E-state index in [-0.39, 0.29) is 41.1 Å². The van der Waals surface area contributed by atoms with Crippen molar-refractivity contribution in [2.75, 3.05) is 5.32 Å². The van der Waals surface area contributed by atoms with Crippen molar-refractivity contribution in [2.45, 2.75) is 44.4 Å². The maximum atomic E-state index is 13.7. The molecule has 11 heteroatoms. The third-order valence-electron chi connectivity index (χ3n) is 5.55. The third-order valence-corrected chi connectivity index (χ3v) is 6.66. The van der Waals surface area contributed by atoms with Crippen molar-refractivity contribution in [2.24, 2.45) is 0 Å². The Hall–Kier alpha value is -3.24. The van der Waals surface area contributed by atoms with Crippen LogP contribution in [0.2, 0.25) is 5.02 Å². The molecule has 2 atom stereocenters. The summed E-state index contributed by atoms with van der Waals surface area (Å²) in [5.74, 6) is -1.28. The molecule has 1 aliphatic rings. The minimum Gasteiger partial charge on any atom is -0.483 e. The van der Waals surface area contributed by atoms with Gasteiger partial charge >= 0.3 is 6.03 Å². The van der Waals surface area contributed by atoms with Gasteiger partial charge in [0.2, 0.25) is 0 Å². The van der Waals surface area contributed by atoms with Crippen LogP contribution in [0, 0.1) is 11.6 Å². The third kappa shape index (κ3) is 6.67. The van der Waals surface area contributed by atoms with E-state index >= 15 is 0 Å². The van der Waals surface area contributed by atoms with Crippen molar-refractivity contribution in [3.63, 3.8) is 0 Å². The molecule has 184 valence electrons. The van der Waals surface area contributed by atoms with Crippen molar-refractivity contribution < 1.29 is 23.1 Å². The van der Waals surface area contributed by atoms with Crippen LogP contribution in [0.25, 0.3) is 0 Å². The van der Waals surface area contributed by atoms with E-state index in [4.69, 9.17) is 16.3 Å². The van der Waals surface area contributed by atoms with Gasteiger partial charge < -0.3 is 20.7 Å². The number of nitrogens with zero attached hydrogens (tertiary/aromatic N) is 1. The molecule has 0 saturated heterocycles. The number of amides is 3. The minimum atomic E-state index is -0.573. The zero-order valence-corrected chi connectivity index (χ0v) is 20.1. The molecular weight excluding hydrogens is 498 g/mol. The number of carbonyl (C=O) groups is 2. The number of rotatable bonds is 7. The van der Waals surface area contributed by atoms with Crippen molar-refractivity contribution in [1.82, 2.24) is 15.6 Å². The van der Waals surface area contributed by atoms with Crippen LogP contribution in [0.5, 0.6) is 5.75 Å². The number of hydrogen-bond acceptors (Lipinski definition) is 5. The Morgan fingerprint density at radius 2 is 1.80 bits per heavy atom. The van der Waals surface area contributed by atoms with Crippen LogP contribution in [0.3, 0.4) is 0 Å². The molecule has 0 spiro atoms. The van der Waals surface area contributed by atoms with Gasteiger partial charge in [-0.2, -0.15) is 0 Å². The molecule has 35 heavy (non-hydrogen) atoms. The molecule has 1 aliphatic carbocycles. The van der Waals surface area contributed by atoms with Gasteiger partial charge in [0.15, 0.2) is 11.6 Å². The van der Waals surface area contributed by atoms with Crippen LogP contribution in [-0.2, 0) is 6.61 Å². The van der Waals surface area contributed by atoms with E-state index in [2.05, 4.69) is 20.9 Å². The highest BCUT2D eigenvalue weighted by Crippen LogP contribution is 2.22. The Morgan fingerprint density at radius 1 is 1.06 bits per heavy atom. The van der Waals surface area contributed by atoms with Crippen molar-refractivity contribution in [1.29, 1.82) is 0 Å². The summed E-state index contributed by atoms with van der Waals surface area (Å²) < 4.78 is 32.5. The van der Waals surface area contributed by atoms with Crippen molar-refractivity contribution in [3.8, 4) is 5.75 Å². The SMILES string of the molecule is O=C(Nc1ccc(F)c(Cl)c1)N[C@@H]1CCCC[C@@H]1NC(=O)c1csc(COc2ccccc2F)n1. The summed E-state index contributed by atoms with van der Waals surface area (Å²) in [6, 6.07) is 8.94. The Labute approximate surface area is 209 Å². The van der Waals surface area contributed by atoms with E-state index in [0.717, 1.165) is 12.8 Å². The maximum absolute atomic E-state index is 13.7. The highest BCUT2D eigenvalue weighted by molar-refractivity contribution is 7.09. The average Bonchev–Trinajstić information content (AvgIpc) is 3.31. The molecule has 3 N–H and O–H groups in total. The summed E-state index contributed by atoms with van der Waals surface area (Å²) in [5, 5.41) is 10.5. The molecule has 7 nitrogen and oxygen atoms in total. The molecule has 3 aromatic rings. The zero-order chi connectivity index (χ0) is 24.8. The number of nitrogens with one attached hydrogen (secondary N) is 3. The zero-order valence-electron chi connectivity index (χ0n) is 18.5. The van der Waals surface area contributed by atoms with Crippen molar-refractivity contribution >= 4 is 40.6 Å². The number of thiazole rings is 1. The van der Waals surface area contributed by atoms with Gasteiger partial charge in [-0.3, -0.25) is 4.79 Å². The molecule has 1 heterocycles. The fourth-order valence-electron chi connectivity index (χ4n) is 3.81. The maximum Gasteiger partial charge on any atom is 0.319 e. The lowest BCUT2D eigenvalue weighted by Gasteiger charge is -2.32. The molecule has 0 bridgehead atoms. The molecule has 1 fully saturated rings. The highest BCUT2D eigenvalue weighted by atomic mass is 35.5. The first-order valence-corrected chi connectivity index (χ1v) is 12.3. The van der Waals surface area contributed by atoms with Gasteiger partial charge in [-0.05, 0) is 43.2 Å². The van der Waals surface area contributed by atoms with Gasteiger partial charge in [0.1, 0.15) is 23.1 Å². The molecule has 1 aromatic heterocycles. The fourth-order valence-corrected chi connectivity index (χ4v) is 4.68. The van der Waals surface area contributed by atoms with Crippen LogP contribution in [-0.4, -0.2) is 29.0 Å². The standard InChI is InChI=1S/C24H23ClF2N4O3S/c25-15-11-14(9-10-16(15)26)28-24(33)31-19-7-3-2-6-18(19)30-23(32)20-13-35-22(29-20)12-34-21-8-4-1-5-17(21)27/h1,4-5,8-11,13,18-19H,2-3,6-7,12H2,(H,30,32)(H2,28,31,33)/t18-,19+/m0/s1. The van der Waals surface area contributed by atoms with E-state index in [1.54, 1.807) is 17.5 Å². The lowest BCUT2D eigenvalue weighted by Crippen LogP contribution is -2.54. The summed E-state index contributed by atoms with van der Waals surface area (Å²) in [6.45, 7) is 0.0417. The van der Waals surface area contributed by atoms with E-state index in [1.807, 2.05) is 0 Å². The number of para-hydroxylation sites is 1. The number of halogens is 3. The second kappa shape index (κ2) is 11.5. The lowest BCUT2D eigenvalue weighted by molar-refractivity contribution is 0.0911. The van der Waals surface area contributed by atoms with E-state index in [9.17, 15) is 18.4 Å². The number of hydrogen-bond donors (Lipinski definition) is 3. The molecule has 1 saturated carbocycles. The quantitative estimate of drug-likeness (QED) is 0.382. The second-order valence-corrected chi connectivity index (χ2v) is 9.39. The molecule has 2 aromatic carbocycles. The summed E-state index contributed by atoms with van der Waals surface area (Å²) in [7, 11) is 0. The van der Waals surface area contributed by atoms with Crippen LogP contribution in [0.15, 0.2) is 47.8 Å². The summed E-state index contributed by atoms with van der Waals surface area (Å²) in [6.07, 6.45) is 3.22. The fraction of sp³-hybridized carbons (Fsp3) is 0.292. The topological polar surface area (TPSA) is 92.4 Å². The Balaban J connectivity index is 1.32. The minimum absolute atomic E-state index is 0.0417. The number of ether oxygens (including phenoxy) is 1. The van der Waals surface area contributed by atoms with Gasteiger partial charge in [0.25, 0.3) is 5.91 Å².